The van der Waals surface area contributed by atoms with Crippen molar-refractivity contribution < 1.29 is 58.9 Å². The van der Waals surface area contributed by atoms with Crippen LogP contribution in [0.4, 0.5) is 39.5 Å². The topological polar surface area (TPSA) is 88.5 Å². The van der Waals surface area contributed by atoms with E-state index < -0.39 is 76.6 Å². The molecule has 4 aromatic rings. The molecule has 48 heavy (non-hydrogen) atoms. The lowest BCUT2D eigenvalue weighted by Crippen LogP contribution is -2.49. The van der Waals surface area contributed by atoms with Gasteiger partial charge in [-0.05, 0) is 65.2 Å². The summed E-state index contributed by atoms with van der Waals surface area (Å²) < 4.78 is 127. The second-order valence-corrected chi connectivity index (χ2v) is 10.6. The van der Waals surface area contributed by atoms with Crippen LogP contribution in [0.5, 0.6) is 5.75 Å². The van der Waals surface area contributed by atoms with Crippen LogP contribution in [0.25, 0.3) is 6.08 Å². The first kappa shape index (κ1) is 35.8. The quantitative estimate of drug-likeness (QED) is 0.121. The lowest BCUT2D eigenvalue weighted by Gasteiger charge is -2.36. The van der Waals surface area contributed by atoms with Gasteiger partial charge in [-0.15, -0.1) is 0 Å². The monoisotopic (exact) mass is 702 g/mol. The number of nitrogens with zero attached hydrogens (tertiary/aromatic N) is 1. The maximum atomic E-state index is 15.1. The van der Waals surface area contributed by atoms with Crippen LogP contribution < -0.4 is 10.1 Å². The van der Waals surface area contributed by atoms with Gasteiger partial charge in [-0.2, -0.15) is 30.7 Å². The third-order valence-electron chi connectivity index (χ3n) is 6.76. The van der Waals surface area contributed by atoms with E-state index in [1.807, 2.05) is 0 Å². The zero-order chi connectivity index (χ0) is 35.4. The van der Waals surface area contributed by atoms with E-state index in [9.17, 15) is 44.7 Å². The molecule has 1 heterocycles. The van der Waals surface area contributed by atoms with E-state index in [0.29, 0.717) is 23.8 Å². The van der Waals surface area contributed by atoms with Crippen molar-refractivity contribution >= 4 is 29.6 Å². The molecule has 0 aliphatic carbocycles. The summed E-state index contributed by atoms with van der Waals surface area (Å²) >= 11 is 5.99. The number of carboxylic acid groups (broad SMARTS) is 1. The minimum atomic E-state index is -5.21. The molecule has 0 aliphatic heterocycles. The smallest absolute Gasteiger partial charge is 0.461 e. The van der Waals surface area contributed by atoms with Gasteiger partial charge >= 0.3 is 24.7 Å². The highest BCUT2D eigenvalue weighted by atomic mass is 35.5. The van der Waals surface area contributed by atoms with Crippen LogP contribution in [0.1, 0.15) is 38.3 Å². The first-order chi connectivity index (χ1) is 22.4. The van der Waals surface area contributed by atoms with Crippen molar-refractivity contribution in [2.45, 2.75) is 30.7 Å². The minimum Gasteiger partial charge on any atom is -0.478 e. The van der Waals surface area contributed by atoms with E-state index in [0.717, 1.165) is 24.4 Å². The molecule has 0 bridgehead atoms. The third kappa shape index (κ3) is 8.45. The van der Waals surface area contributed by atoms with Crippen LogP contribution in [-0.2, 0) is 22.9 Å². The van der Waals surface area contributed by atoms with Crippen molar-refractivity contribution in [1.82, 2.24) is 10.3 Å². The van der Waals surface area contributed by atoms with Gasteiger partial charge < -0.3 is 15.2 Å². The zero-order valence-corrected chi connectivity index (χ0v) is 24.6. The van der Waals surface area contributed by atoms with Gasteiger partial charge in [0.05, 0.1) is 16.3 Å². The molecule has 1 aromatic heterocycles. The molecular formula is C32H20ClF9N2O4. The van der Waals surface area contributed by atoms with Gasteiger partial charge in [-0.1, -0.05) is 35.9 Å². The van der Waals surface area contributed by atoms with Crippen LogP contribution in [0.3, 0.4) is 0 Å². The van der Waals surface area contributed by atoms with Gasteiger partial charge in [-0.25, -0.2) is 13.6 Å². The second-order valence-electron chi connectivity index (χ2n) is 10.1. The number of benzene rings is 3. The Bertz CT molecular complexity index is 1830. The number of pyridine rings is 1. The second kappa shape index (κ2) is 14.0. The Morgan fingerprint density at radius 1 is 0.938 bits per heavy atom. The number of aromatic nitrogens is 1. The molecule has 0 aliphatic rings. The molecular weight excluding hydrogens is 683 g/mol. The van der Waals surface area contributed by atoms with Crippen molar-refractivity contribution in [3.8, 4) is 5.75 Å². The fourth-order valence-electron chi connectivity index (χ4n) is 4.59. The first-order valence-corrected chi connectivity index (χ1v) is 13.7. The molecule has 0 saturated carbocycles. The van der Waals surface area contributed by atoms with Gasteiger partial charge in [0, 0.05) is 30.3 Å². The molecule has 3 aromatic carbocycles. The Morgan fingerprint density at radius 3 is 2.21 bits per heavy atom. The number of aliphatic carboxylic acids is 1. The predicted molar refractivity (Wildman–Crippen MR) is 154 cm³/mol. The van der Waals surface area contributed by atoms with E-state index in [-0.39, 0.29) is 22.3 Å². The predicted octanol–water partition coefficient (Wildman–Crippen LogP) is 8.28. The Labute approximate surface area is 270 Å². The molecule has 1 amide bonds. The Balaban J connectivity index is 1.96. The first-order valence-electron chi connectivity index (χ1n) is 13.4. The molecule has 6 nitrogen and oxygen atoms in total. The van der Waals surface area contributed by atoms with Gasteiger partial charge in [0.1, 0.15) is 22.9 Å². The molecule has 2 N–H and O–H groups in total. The summed E-state index contributed by atoms with van der Waals surface area (Å²) in [6, 6.07) is 11.4. The molecule has 252 valence electrons. The number of carbonyl (C=O) groups excluding carboxylic acids is 1. The van der Waals surface area contributed by atoms with Gasteiger partial charge in [0.25, 0.3) is 5.91 Å². The van der Waals surface area contributed by atoms with Crippen molar-refractivity contribution in [1.29, 1.82) is 0 Å². The number of hydrogen-bond donors (Lipinski definition) is 2. The summed E-state index contributed by atoms with van der Waals surface area (Å²) in [5.41, 5.74) is -4.68. The number of ether oxygens (including phenoxy) is 1. The molecule has 4 rings (SSSR count). The van der Waals surface area contributed by atoms with Crippen molar-refractivity contribution in [3.05, 3.63) is 135 Å². The lowest BCUT2D eigenvalue weighted by atomic mass is 9.79. The van der Waals surface area contributed by atoms with Crippen LogP contribution in [-0.4, -0.2) is 34.5 Å². The molecule has 1 unspecified atom stereocenters. The van der Waals surface area contributed by atoms with Crippen molar-refractivity contribution in [3.63, 3.8) is 0 Å². The Morgan fingerprint density at radius 2 is 1.62 bits per heavy atom. The van der Waals surface area contributed by atoms with Crippen LogP contribution in [0, 0.1) is 11.6 Å². The summed E-state index contributed by atoms with van der Waals surface area (Å²) in [6.45, 7) is 0. The van der Waals surface area contributed by atoms with Gasteiger partial charge in [0.2, 0.25) is 0 Å². The number of carboxylic acids is 1. The lowest BCUT2D eigenvalue weighted by molar-refractivity contribution is -0.253. The zero-order valence-electron chi connectivity index (χ0n) is 23.8. The van der Waals surface area contributed by atoms with E-state index in [2.05, 4.69) is 15.0 Å². The molecule has 0 spiro atoms. The number of rotatable bonds is 11. The van der Waals surface area contributed by atoms with E-state index >= 15 is 4.39 Å². The highest BCUT2D eigenvalue weighted by Crippen LogP contribution is 2.38. The van der Waals surface area contributed by atoms with Gasteiger partial charge in [0.15, 0.2) is 0 Å². The fourth-order valence-corrected chi connectivity index (χ4v) is 4.70. The maximum Gasteiger partial charge on any atom is 0.461 e. The standard InChI is InChI=1S/C32H20ClF9N2O4/c33-21-7-9-26(43-16-21)30(15-18-3-1-17(2-4-18)5-10-27(45)46,20-12-22(34)14-23(13-20)48-32(41,42)29(36)37)44-28(47)19-6-8-25(35)24(11-19)31(38,39)40/h1-14,16,29H,15H2,(H,44,47)(H,45,46)/b10-5+. The summed E-state index contributed by atoms with van der Waals surface area (Å²) in [5, 5.41) is 11.4. The number of nitrogens with one attached hydrogen (secondary N) is 1. The van der Waals surface area contributed by atoms with Gasteiger partial charge in [-0.3, -0.25) is 9.78 Å². The largest absolute Gasteiger partial charge is 0.478 e. The third-order valence-corrected chi connectivity index (χ3v) is 6.99. The van der Waals surface area contributed by atoms with E-state index in [1.54, 1.807) is 0 Å². The van der Waals surface area contributed by atoms with E-state index in [1.165, 1.54) is 42.5 Å². The summed E-state index contributed by atoms with van der Waals surface area (Å²) in [5.74, 6) is -6.66. The number of halogens is 10. The minimum absolute atomic E-state index is 0.0572. The summed E-state index contributed by atoms with van der Waals surface area (Å²) in [7, 11) is 0. The average molecular weight is 703 g/mol. The Kier molecular flexibility index (Phi) is 10.4. The number of alkyl halides is 7. The fraction of sp³-hybridized carbons (Fsp3) is 0.156. The molecule has 1 atom stereocenters. The van der Waals surface area contributed by atoms with Crippen molar-refractivity contribution in [2.24, 2.45) is 0 Å². The van der Waals surface area contributed by atoms with Crippen LogP contribution >= 0.6 is 11.6 Å². The summed E-state index contributed by atoms with van der Waals surface area (Å²) in [4.78, 5) is 28.8. The van der Waals surface area contributed by atoms with E-state index in [4.69, 9.17) is 16.7 Å². The van der Waals surface area contributed by atoms with Crippen LogP contribution in [0.2, 0.25) is 5.02 Å². The SMILES string of the molecule is O=C(O)/C=C/c1ccc(CC(NC(=O)c2ccc(F)c(C(F)(F)F)c2)(c2cc(F)cc(OC(F)(F)C(F)F)c2)c2ccc(Cl)cn2)cc1. The van der Waals surface area contributed by atoms with Crippen molar-refractivity contribution in [2.75, 3.05) is 0 Å². The molecule has 0 fully saturated rings. The number of amides is 1. The summed E-state index contributed by atoms with van der Waals surface area (Å²) in [6.07, 6.45) is -11.9. The maximum absolute atomic E-state index is 15.1. The molecule has 0 radical (unpaired) electrons. The highest BCUT2D eigenvalue weighted by molar-refractivity contribution is 6.30. The molecule has 0 saturated heterocycles. The Hall–Kier alpha value is -5.05. The average Bonchev–Trinajstić information content (AvgIpc) is 2.99. The van der Waals surface area contributed by atoms with Crippen LogP contribution in [0.15, 0.2) is 85.1 Å². The normalized spacial score (nSPS) is 13.4. The number of carbonyl (C=O) groups is 2. The molecule has 16 heteroatoms. The highest BCUT2D eigenvalue weighted by Gasteiger charge is 2.45. The number of hydrogen-bond acceptors (Lipinski definition) is 4.